The predicted molar refractivity (Wildman–Crippen MR) is 164 cm³/mol. The van der Waals surface area contributed by atoms with Gasteiger partial charge in [-0.1, -0.05) is 48.5 Å². The zero-order valence-corrected chi connectivity index (χ0v) is 21.5. The first kappa shape index (κ1) is 22.5. The van der Waals surface area contributed by atoms with Crippen LogP contribution in [-0.2, 0) is 0 Å². The Morgan fingerprint density at radius 1 is 0.350 bits per heavy atom. The standard InChI is InChI=1S/C36H24N2O2/c39-27-15-11-25(12-16-27)37-33-7-3-1-5-29(33)31-21-23(9-19-35(31)37)24-10-20-36-32(22-24)30-6-2-4-8-34(30)38(36)26-13-17-28(40)18-14-26/h1-22,39-40H. The van der Waals surface area contributed by atoms with Gasteiger partial charge in [0, 0.05) is 32.9 Å². The van der Waals surface area contributed by atoms with Crippen molar-refractivity contribution in [2.75, 3.05) is 0 Å². The van der Waals surface area contributed by atoms with E-state index in [1.54, 1.807) is 24.3 Å². The average molecular weight is 517 g/mol. The molecule has 0 amide bonds. The minimum absolute atomic E-state index is 0.258. The molecule has 0 bridgehead atoms. The second-order valence-electron chi connectivity index (χ2n) is 10.2. The van der Waals surface area contributed by atoms with Crippen molar-refractivity contribution in [1.29, 1.82) is 0 Å². The van der Waals surface area contributed by atoms with Crippen LogP contribution in [0.1, 0.15) is 0 Å². The fourth-order valence-electron chi connectivity index (χ4n) is 6.06. The summed E-state index contributed by atoms with van der Waals surface area (Å²) in [5.74, 6) is 0.517. The first-order valence-electron chi connectivity index (χ1n) is 13.3. The topological polar surface area (TPSA) is 50.3 Å². The third-order valence-corrected chi connectivity index (χ3v) is 7.89. The molecule has 8 rings (SSSR count). The number of phenols is 2. The molecular formula is C36H24N2O2. The molecule has 0 aliphatic rings. The van der Waals surface area contributed by atoms with E-state index in [0.29, 0.717) is 0 Å². The molecule has 0 fully saturated rings. The number of phenolic OH excluding ortho intramolecular Hbond substituents is 2. The van der Waals surface area contributed by atoms with Crippen LogP contribution in [0.25, 0.3) is 66.1 Å². The number of aromatic hydroxyl groups is 2. The molecular weight excluding hydrogens is 492 g/mol. The van der Waals surface area contributed by atoms with E-state index in [0.717, 1.165) is 44.6 Å². The lowest BCUT2D eigenvalue weighted by Crippen LogP contribution is -1.93. The summed E-state index contributed by atoms with van der Waals surface area (Å²) in [6.07, 6.45) is 0. The van der Waals surface area contributed by atoms with Crippen molar-refractivity contribution < 1.29 is 10.2 Å². The Morgan fingerprint density at radius 2 is 0.725 bits per heavy atom. The fourth-order valence-corrected chi connectivity index (χ4v) is 6.06. The molecule has 0 saturated carbocycles. The molecule has 0 aliphatic heterocycles. The second kappa shape index (κ2) is 8.52. The Balaban J connectivity index is 1.34. The van der Waals surface area contributed by atoms with E-state index in [-0.39, 0.29) is 11.5 Å². The molecule has 2 N–H and O–H groups in total. The highest BCUT2D eigenvalue weighted by Crippen LogP contribution is 2.38. The Bertz CT molecular complexity index is 2060. The van der Waals surface area contributed by atoms with Gasteiger partial charge in [0.1, 0.15) is 11.5 Å². The minimum Gasteiger partial charge on any atom is -0.508 e. The van der Waals surface area contributed by atoms with Gasteiger partial charge in [-0.25, -0.2) is 0 Å². The van der Waals surface area contributed by atoms with Gasteiger partial charge >= 0.3 is 0 Å². The van der Waals surface area contributed by atoms with E-state index in [2.05, 4.69) is 94.1 Å². The third-order valence-electron chi connectivity index (χ3n) is 7.89. The number of rotatable bonds is 3. The number of nitrogens with zero attached hydrogens (tertiary/aromatic N) is 2. The maximum atomic E-state index is 9.84. The van der Waals surface area contributed by atoms with Gasteiger partial charge in [0.05, 0.1) is 22.1 Å². The SMILES string of the molecule is Oc1ccc(-n2c3ccccc3c3cc(-c4ccc5c(c4)c4ccccc4n5-c4ccc(O)cc4)ccc32)cc1. The number of aromatic nitrogens is 2. The van der Waals surface area contributed by atoms with Gasteiger partial charge in [-0.15, -0.1) is 0 Å². The summed E-state index contributed by atoms with van der Waals surface area (Å²) in [6, 6.07) is 45.0. The van der Waals surface area contributed by atoms with E-state index in [1.165, 1.54) is 21.5 Å². The number of hydrogen-bond donors (Lipinski definition) is 2. The molecule has 0 atom stereocenters. The average Bonchev–Trinajstić information content (AvgIpc) is 3.50. The van der Waals surface area contributed by atoms with Crippen LogP contribution in [0.5, 0.6) is 11.5 Å². The quantitative estimate of drug-likeness (QED) is 0.246. The van der Waals surface area contributed by atoms with Crippen molar-refractivity contribution in [2.24, 2.45) is 0 Å². The van der Waals surface area contributed by atoms with Crippen LogP contribution >= 0.6 is 0 Å². The van der Waals surface area contributed by atoms with E-state index in [1.807, 2.05) is 24.3 Å². The molecule has 40 heavy (non-hydrogen) atoms. The minimum atomic E-state index is 0.258. The van der Waals surface area contributed by atoms with Gasteiger partial charge in [0.15, 0.2) is 0 Å². The van der Waals surface area contributed by atoms with Crippen molar-refractivity contribution in [3.8, 4) is 34.0 Å². The normalized spacial score (nSPS) is 11.7. The highest BCUT2D eigenvalue weighted by atomic mass is 16.3. The van der Waals surface area contributed by atoms with Gasteiger partial charge in [0.25, 0.3) is 0 Å². The largest absolute Gasteiger partial charge is 0.508 e. The lowest BCUT2D eigenvalue weighted by Gasteiger charge is -2.09. The van der Waals surface area contributed by atoms with Crippen LogP contribution in [0.2, 0.25) is 0 Å². The molecule has 8 aromatic rings. The lowest BCUT2D eigenvalue weighted by atomic mass is 10.0. The number of para-hydroxylation sites is 2. The first-order chi connectivity index (χ1) is 19.7. The van der Waals surface area contributed by atoms with Crippen LogP contribution in [0.15, 0.2) is 133 Å². The molecule has 0 radical (unpaired) electrons. The Hall–Kier alpha value is -5.48. The van der Waals surface area contributed by atoms with E-state index in [4.69, 9.17) is 0 Å². The van der Waals surface area contributed by atoms with Crippen molar-refractivity contribution >= 4 is 43.6 Å². The molecule has 0 saturated heterocycles. The zero-order valence-electron chi connectivity index (χ0n) is 21.5. The van der Waals surface area contributed by atoms with Gasteiger partial charge in [-0.3, -0.25) is 0 Å². The smallest absolute Gasteiger partial charge is 0.115 e. The summed E-state index contributed by atoms with van der Waals surface area (Å²) in [5, 5.41) is 24.4. The van der Waals surface area contributed by atoms with Gasteiger partial charge in [-0.05, 0) is 96.1 Å². The molecule has 0 aliphatic carbocycles. The molecule has 4 heteroatoms. The van der Waals surface area contributed by atoms with E-state index < -0.39 is 0 Å². The van der Waals surface area contributed by atoms with Crippen LogP contribution in [0, 0.1) is 0 Å². The van der Waals surface area contributed by atoms with Crippen molar-refractivity contribution in [1.82, 2.24) is 9.13 Å². The van der Waals surface area contributed by atoms with Crippen LogP contribution in [-0.4, -0.2) is 19.3 Å². The van der Waals surface area contributed by atoms with Gasteiger partial charge < -0.3 is 19.3 Å². The lowest BCUT2D eigenvalue weighted by molar-refractivity contribution is 0.474. The third kappa shape index (κ3) is 3.33. The molecule has 2 aromatic heterocycles. The summed E-state index contributed by atoms with van der Waals surface area (Å²) >= 11 is 0. The number of benzene rings is 6. The van der Waals surface area contributed by atoms with Crippen molar-refractivity contribution in [3.63, 3.8) is 0 Å². The summed E-state index contributed by atoms with van der Waals surface area (Å²) in [4.78, 5) is 0. The summed E-state index contributed by atoms with van der Waals surface area (Å²) in [7, 11) is 0. The van der Waals surface area contributed by atoms with Crippen LogP contribution < -0.4 is 0 Å². The fraction of sp³-hybridized carbons (Fsp3) is 0. The Morgan fingerprint density at radius 3 is 1.15 bits per heavy atom. The maximum Gasteiger partial charge on any atom is 0.115 e. The van der Waals surface area contributed by atoms with Crippen LogP contribution in [0.3, 0.4) is 0 Å². The molecule has 0 spiro atoms. The highest BCUT2D eigenvalue weighted by Gasteiger charge is 2.16. The maximum absolute atomic E-state index is 9.84. The molecule has 190 valence electrons. The highest BCUT2D eigenvalue weighted by molar-refractivity contribution is 6.12. The van der Waals surface area contributed by atoms with Gasteiger partial charge in [-0.2, -0.15) is 0 Å². The molecule has 4 nitrogen and oxygen atoms in total. The van der Waals surface area contributed by atoms with Crippen LogP contribution in [0.4, 0.5) is 0 Å². The zero-order chi connectivity index (χ0) is 26.8. The van der Waals surface area contributed by atoms with E-state index >= 15 is 0 Å². The monoisotopic (exact) mass is 516 g/mol. The van der Waals surface area contributed by atoms with E-state index in [9.17, 15) is 10.2 Å². The summed E-state index contributed by atoms with van der Waals surface area (Å²) < 4.78 is 4.50. The number of hydrogen-bond acceptors (Lipinski definition) is 2. The van der Waals surface area contributed by atoms with Crippen molar-refractivity contribution in [3.05, 3.63) is 133 Å². The summed E-state index contributed by atoms with van der Waals surface area (Å²) in [6.45, 7) is 0. The Kier molecular flexibility index (Phi) is 4.79. The first-order valence-corrected chi connectivity index (χ1v) is 13.3. The second-order valence-corrected chi connectivity index (χ2v) is 10.2. The van der Waals surface area contributed by atoms with Gasteiger partial charge in [0.2, 0.25) is 0 Å². The van der Waals surface area contributed by atoms with Crippen molar-refractivity contribution in [2.45, 2.75) is 0 Å². The molecule has 0 unspecified atom stereocenters. The summed E-state index contributed by atoms with van der Waals surface area (Å²) in [5.41, 5.74) is 8.86. The number of fused-ring (bicyclic) bond motifs is 6. The Labute approximate surface area is 230 Å². The predicted octanol–water partition coefficient (Wildman–Crippen LogP) is 8.96. The molecule has 2 heterocycles. The molecule has 6 aromatic carbocycles.